The Balaban J connectivity index is 1.88. The number of aliphatic carboxylic acids is 1. The fraction of sp³-hybridized carbons (Fsp3) is 0.280. The summed E-state index contributed by atoms with van der Waals surface area (Å²) in [6.45, 7) is 4.89. The molecule has 0 fully saturated rings. The van der Waals surface area contributed by atoms with Crippen LogP contribution >= 0.6 is 0 Å². The molecule has 0 aliphatic heterocycles. The van der Waals surface area contributed by atoms with Crippen LogP contribution in [0.2, 0.25) is 0 Å². The van der Waals surface area contributed by atoms with E-state index in [4.69, 9.17) is 4.74 Å². The van der Waals surface area contributed by atoms with E-state index in [2.05, 4.69) is 17.4 Å². The van der Waals surface area contributed by atoms with E-state index in [9.17, 15) is 14.7 Å². The standard InChI is InChI=1S/C25H27NO4/c1-17(13-14-18-9-5-4-6-10-18)30-22-20-12-8-7-11-19(20)15-16-21(22)23(27)26-25(2,3)24(28)29/h4-12,15-17H,13-14H2,1-3H3,(H,26,27)(H,28,29). The molecule has 3 aromatic rings. The van der Waals surface area contributed by atoms with Crippen molar-refractivity contribution in [2.24, 2.45) is 0 Å². The zero-order valence-electron chi connectivity index (χ0n) is 17.5. The van der Waals surface area contributed by atoms with E-state index in [1.54, 1.807) is 6.07 Å². The molecule has 0 aliphatic carbocycles. The lowest BCUT2D eigenvalue weighted by molar-refractivity contribution is -0.143. The third-order valence-electron chi connectivity index (χ3n) is 5.09. The van der Waals surface area contributed by atoms with Gasteiger partial charge in [-0.1, -0.05) is 60.7 Å². The van der Waals surface area contributed by atoms with Gasteiger partial charge in [-0.2, -0.15) is 0 Å². The largest absolute Gasteiger partial charge is 0.489 e. The maximum Gasteiger partial charge on any atom is 0.328 e. The first-order chi connectivity index (χ1) is 14.3. The summed E-state index contributed by atoms with van der Waals surface area (Å²) >= 11 is 0. The molecule has 0 heterocycles. The second-order valence-corrected chi connectivity index (χ2v) is 8.00. The monoisotopic (exact) mass is 405 g/mol. The summed E-state index contributed by atoms with van der Waals surface area (Å²) in [6.07, 6.45) is 1.52. The van der Waals surface area contributed by atoms with E-state index in [-0.39, 0.29) is 6.10 Å². The van der Waals surface area contributed by atoms with Gasteiger partial charge in [0.15, 0.2) is 0 Å². The van der Waals surface area contributed by atoms with Crippen molar-refractivity contribution in [2.45, 2.75) is 45.3 Å². The number of benzene rings is 3. The van der Waals surface area contributed by atoms with E-state index in [1.165, 1.54) is 19.4 Å². The van der Waals surface area contributed by atoms with Crippen LogP contribution in [0.15, 0.2) is 66.7 Å². The molecule has 3 rings (SSSR count). The zero-order chi connectivity index (χ0) is 21.7. The Hall–Kier alpha value is -3.34. The molecule has 0 radical (unpaired) electrons. The minimum Gasteiger partial charge on any atom is -0.489 e. The molecule has 0 saturated heterocycles. The molecule has 1 amide bonds. The van der Waals surface area contributed by atoms with Crippen LogP contribution in [0, 0.1) is 0 Å². The highest BCUT2D eigenvalue weighted by atomic mass is 16.5. The number of amides is 1. The first-order valence-corrected chi connectivity index (χ1v) is 10.1. The number of hydrogen-bond donors (Lipinski definition) is 2. The van der Waals surface area contributed by atoms with E-state index in [0.717, 1.165) is 23.6 Å². The molecular weight excluding hydrogens is 378 g/mol. The molecule has 156 valence electrons. The molecule has 30 heavy (non-hydrogen) atoms. The molecular formula is C25H27NO4. The van der Waals surface area contributed by atoms with Gasteiger partial charge in [-0.3, -0.25) is 4.79 Å². The number of aryl methyl sites for hydroxylation is 1. The van der Waals surface area contributed by atoms with Crippen LogP contribution in [0.5, 0.6) is 5.75 Å². The molecule has 0 spiro atoms. The fourth-order valence-corrected chi connectivity index (χ4v) is 3.23. The van der Waals surface area contributed by atoms with Crippen molar-refractivity contribution in [3.63, 3.8) is 0 Å². The maximum atomic E-state index is 12.9. The summed E-state index contributed by atoms with van der Waals surface area (Å²) in [6, 6.07) is 21.4. The Morgan fingerprint density at radius 3 is 2.37 bits per heavy atom. The van der Waals surface area contributed by atoms with Crippen molar-refractivity contribution < 1.29 is 19.4 Å². The molecule has 5 nitrogen and oxygen atoms in total. The zero-order valence-corrected chi connectivity index (χ0v) is 17.5. The molecule has 0 aliphatic rings. The number of carbonyl (C=O) groups is 2. The Kier molecular flexibility index (Phi) is 6.40. The SMILES string of the molecule is CC(CCc1ccccc1)Oc1c(C(=O)NC(C)(C)C(=O)O)ccc2ccccc12. The van der Waals surface area contributed by atoms with Crippen LogP contribution in [0.3, 0.4) is 0 Å². The summed E-state index contributed by atoms with van der Waals surface area (Å²) in [5.41, 5.74) is 0.167. The number of ether oxygens (including phenoxy) is 1. The van der Waals surface area contributed by atoms with Crippen molar-refractivity contribution in [1.82, 2.24) is 5.32 Å². The Morgan fingerprint density at radius 2 is 1.67 bits per heavy atom. The number of rotatable bonds is 8. The van der Waals surface area contributed by atoms with Gasteiger partial charge in [0.2, 0.25) is 0 Å². The van der Waals surface area contributed by atoms with Gasteiger partial charge in [-0.15, -0.1) is 0 Å². The smallest absolute Gasteiger partial charge is 0.328 e. The van der Waals surface area contributed by atoms with Crippen LogP contribution < -0.4 is 10.1 Å². The minimum atomic E-state index is -1.39. The summed E-state index contributed by atoms with van der Waals surface area (Å²) in [7, 11) is 0. The van der Waals surface area contributed by atoms with E-state index in [0.29, 0.717) is 11.3 Å². The summed E-state index contributed by atoms with van der Waals surface area (Å²) in [4.78, 5) is 24.4. The van der Waals surface area contributed by atoms with Crippen molar-refractivity contribution in [3.8, 4) is 5.75 Å². The Morgan fingerprint density at radius 1 is 1.00 bits per heavy atom. The normalized spacial score (nSPS) is 12.4. The van der Waals surface area contributed by atoms with E-state index in [1.807, 2.05) is 55.5 Å². The van der Waals surface area contributed by atoms with Gasteiger partial charge in [-0.05, 0) is 50.6 Å². The molecule has 1 atom stereocenters. The molecule has 5 heteroatoms. The topological polar surface area (TPSA) is 75.6 Å². The van der Waals surface area contributed by atoms with Crippen molar-refractivity contribution in [3.05, 3.63) is 77.9 Å². The lowest BCUT2D eigenvalue weighted by Gasteiger charge is -2.23. The molecule has 3 aromatic carbocycles. The predicted octanol–water partition coefficient (Wildman–Crippen LogP) is 4.83. The van der Waals surface area contributed by atoms with Gasteiger partial charge in [0, 0.05) is 5.39 Å². The summed E-state index contributed by atoms with van der Waals surface area (Å²) in [5, 5.41) is 13.7. The van der Waals surface area contributed by atoms with Crippen LogP contribution in [-0.2, 0) is 11.2 Å². The van der Waals surface area contributed by atoms with Gasteiger partial charge in [-0.25, -0.2) is 4.79 Å². The highest BCUT2D eigenvalue weighted by Crippen LogP contribution is 2.31. The van der Waals surface area contributed by atoms with E-state index < -0.39 is 17.4 Å². The molecule has 0 saturated carbocycles. The number of carboxylic acid groups (broad SMARTS) is 1. The number of nitrogens with one attached hydrogen (secondary N) is 1. The number of fused-ring (bicyclic) bond motifs is 1. The molecule has 1 unspecified atom stereocenters. The average Bonchev–Trinajstić information content (AvgIpc) is 2.72. The first-order valence-electron chi connectivity index (χ1n) is 10.1. The second kappa shape index (κ2) is 8.99. The lowest BCUT2D eigenvalue weighted by atomic mass is 10.0. The van der Waals surface area contributed by atoms with Gasteiger partial charge >= 0.3 is 5.97 Å². The number of carboxylic acids is 1. The highest BCUT2D eigenvalue weighted by molar-refractivity contribution is 6.05. The predicted molar refractivity (Wildman–Crippen MR) is 118 cm³/mol. The quantitative estimate of drug-likeness (QED) is 0.563. The number of hydrogen-bond acceptors (Lipinski definition) is 3. The Labute approximate surface area is 176 Å². The first kappa shape index (κ1) is 21.4. The van der Waals surface area contributed by atoms with E-state index >= 15 is 0 Å². The van der Waals surface area contributed by atoms with Crippen molar-refractivity contribution in [2.75, 3.05) is 0 Å². The maximum absolute atomic E-state index is 12.9. The van der Waals surface area contributed by atoms with Crippen LogP contribution in [0.1, 0.15) is 43.1 Å². The molecule has 2 N–H and O–H groups in total. The van der Waals surface area contributed by atoms with Gasteiger partial charge in [0.05, 0.1) is 11.7 Å². The van der Waals surface area contributed by atoms with Crippen LogP contribution in [-0.4, -0.2) is 28.6 Å². The third-order valence-corrected chi connectivity index (χ3v) is 5.09. The highest BCUT2D eigenvalue weighted by Gasteiger charge is 2.30. The third kappa shape index (κ3) is 4.98. The Bertz CT molecular complexity index is 1040. The van der Waals surface area contributed by atoms with Crippen LogP contribution in [0.4, 0.5) is 0 Å². The second-order valence-electron chi connectivity index (χ2n) is 8.00. The minimum absolute atomic E-state index is 0.130. The van der Waals surface area contributed by atoms with Crippen molar-refractivity contribution in [1.29, 1.82) is 0 Å². The van der Waals surface area contributed by atoms with Crippen molar-refractivity contribution >= 4 is 22.6 Å². The van der Waals surface area contributed by atoms with Gasteiger partial charge in [0.1, 0.15) is 11.3 Å². The van der Waals surface area contributed by atoms with Gasteiger partial charge in [0.25, 0.3) is 5.91 Å². The number of carbonyl (C=O) groups excluding carboxylic acids is 1. The fourth-order valence-electron chi connectivity index (χ4n) is 3.23. The van der Waals surface area contributed by atoms with Crippen LogP contribution in [0.25, 0.3) is 10.8 Å². The summed E-state index contributed by atoms with van der Waals surface area (Å²) < 4.78 is 6.27. The molecule has 0 bridgehead atoms. The average molecular weight is 405 g/mol. The van der Waals surface area contributed by atoms with Gasteiger partial charge < -0.3 is 15.2 Å². The summed E-state index contributed by atoms with van der Waals surface area (Å²) in [5.74, 6) is -1.10. The lowest BCUT2D eigenvalue weighted by Crippen LogP contribution is -2.49. The molecule has 0 aromatic heterocycles.